The molecule has 1 N–H and O–H groups in total. The number of hydrogen-bond acceptors (Lipinski definition) is 2. The maximum atomic E-state index is 12.3. The molecule has 0 radical (unpaired) electrons. The van der Waals surface area contributed by atoms with Gasteiger partial charge in [-0.15, -0.1) is 0 Å². The van der Waals surface area contributed by atoms with Gasteiger partial charge >= 0.3 is 0 Å². The lowest BCUT2D eigenvalue weighted by Gasteiger charge is -2.15. The van der Waals surface area contributed by atoms with E-state index in [0.29, 0.717) is 5.56 Å². The molecule has 110 valence electrons. The van der Waals surface area contributed by atoms with Gasteiger partial charge in [0.05, 0.1) is 13.2 Å². The quantitative estimate of drug-likeness (QED) is 0.926. The highest BCUT2D eigenvalue weighted by Gasteiger charge is 2.12. The summed E-state index contributed by atoms with van der Waals surface area (Å²) < 4.78 is 5.14. The molecule has 3 heteroatoms. The first-order valence-electron chi connectivity index (χ1n) is 7.03. The molecular formula is C18H21NO2. The fourth-order valence-corrected chi connectivity index (χ4v) is 2.14. The molecule has 0 aliphatic heterocycles. The van der Waals surface area contributed by atoms with Crippen molar-refractivity contribution in [1.82, 2.24) is 5.32 Å². The first kappa shape index (κ1) is 15.1. The van der Waals surface area contributed by atoms with Crippen LogP contribution < -0.4 is 10.1 Å². The smallest absolute Gasteiger partial charge is 0.251 e. The molecular weight excluding hydrogens is 262 g/mol. The van der Waals surface area contributed by atoms with Crippen molar-refractivity contribution in [2.75, 3.05) is 7.11 Å². The molecule has 2 rings (SSSR count). The van der Waals surface area contributed by atoms with E-state index in [1.165, 1.54) is 5.56 Å². The number of methoxy groups -OCH3 is 1. The minimum absolute atomic E-state index is 0.0509. The Labute approximate surface area is 126 Å². The van der Waals surface area contributed by atoms with Crippen molar-refractivity contribution in [3.05, 3.63) is 64.7 Å². The second-order valence-electron chi connectivity index (χ2n) is 5.27. The Morgan fingerprint density at radius 1 is 1.05 bits per heavy atom. The van der Waals surface area contributed by atoms with Crippen LogP contribution in [0.1, 0.15) is 40.0 Å². The number of hydrogen-bond donors (Lipinski definition) is 1. The Morgan fingerprint density at radius 2 is 1.71 bits per heavy atom. The zero-order valence-electron chi connectivity index (χ0n) is 12.9. The van der Waals surface area contributed by atoms with Gasteiger partial charge in [-0.25, -0.2) is 0 Å². The van der Waals surface area contributed by atoms with Crippen LogP contribution in [0.3, 0.4) is 0 Å². The number of amides is 1. The standard InChI is InChI=1S/C18H21NO2/c1-12-5-6-16(11-13(12)2)18(20)19-14(3)15-7-9-17(21-4)10-8-15/h5-11,14H,1-4H3,(H,19,20)/t14-/m1/s1. The minimum Gasteiger partial charge on any atom is -0.497 e. The van der Waals surface area contributed by atoms with Crippen LogP contribution in [0.4, 0.5) is 0 Å². The van der Waals surface area contributed by atoms with Crippen molar-refractivity contribution < 1.29 is 9.53 Å². The molecule has 0 fully saturated rings. The summed E-state index contributed by atoms with van der Waals surface area (Å²) in [6, 6.07) is 13.4. The largest absolute Gasteiger partial charge is 0.497 e. The second kappa shape index (κ2) is 6.44. The molecule has 21 heavy (non-hydrogen) atoms. The van der Waals surface area contributed by atoms with Crippen LogP contribution >= 0.6 is 0 Å². The van der Waals surface area contributed by atoms with Crippen molar-refractivity contribution in [3.8, 4) is 5.75 Å². The Balaban J connectivity index is 2.08. The fourth-order valence-electron chi connectivity index (χ4n) is 2.14. The van der Waals surface area contributed by atoms with Gasteiger partial charge in [0.1, 0.15) is 5.75 Å². The molecule has 0 saturated heterocycles. The number of ether oxygens (including phenoxy) is 1. The van der Waals surface area contributed by atoms with Crippen molar-refractivity contribution in [3.63, 3.8) is 0 Å². The van der Waals surface area contributed by atoms with E-state index >= 15 is 0 Å². The molecule has 0 heterocycles. The van der Waals surface area contributed by atoms with Crippen molar-refractivity contribution in [1.29, 1.82) is 0 Å². The van der Waals surface area contributed by atoms with Gasteiger partial charge in [-0.05, 0) is 61.7 Å². The molecule has 2 aromatic rings. The summed E-state index contributed by atoms with van der Waals surface area (Å²) in [5.74, 6) is 0.757. The molecule has 0 saturated carbocycles. The maximum Gasteiger partial charge on any atom is 0.251 e. The summed E-state index contributed by atoms with van der Waals surface area (Å²) in [5, 5.41) is 3.02. The van der Waals surface area contributed by atoms with Gasteiger partial charge in [-0.3, -0.25) is 4.79 Å². The average molecular weight is 283 g/mol. The molecule has 1 amide bonds. The van der Waals surface area contributed by atoms with Gasteiger partial charge in [0.25, 0.3) is 5.91 Å². The van der Waals surface area contributed by atoms with Crippen LogP contribution in [0.2, 0.25) is 0 Å². The van der Waals surface area contributed by atoms with E-state index < -0.39 is 0 Å². The second-order valence-corrected chi connectivity index (χ2v) is 5.27. The van der Waals surface area contributed by atoms with Crippen molar-refractivity contribution in [2.24, 2.45) is 0 Å². The summed E-state index contributed by atoms with van der Waals surface area (Å²) in [6.45, 7) is 6.02. The molecule has 0 aromatic heterocycles. The summed E-state index contributed by atoms with van der Waals surface area (Å²) in [4.78, 5) is 12.3. The maximum absolute atomic E-state index is 12.3. The average Bonchev–Trinajstić information content (AvgIpc) is 2.50. The van der Waals surface area contributed by atoms with Gasteiger partial charge in [0.15, 0.2) is 0 Å². The lowest BCUT2D eigenvalue weighted by molar-refractivity contribution is 0.0940. The van der Waals surface area contributed by atoms with E-state index in [9.17, 15) is 4.79 Å². The molecule has 3 nitrogen and oxygen atoms in total. The Bertz CT molecular complexity index is 632. The van der Waals surface area contributed by atoms with Crippen LogP contribution in [0.5, 0.6) is 5.75 Å². The summed E-state index contributed by atoms with van der Waals surface area (Å²) in [5.41, 5.74) is 4.06. The van der Waals surface area contributed by atoms with Crippen LogP contribution in [0, 0.1) is 13.8 Å². The number of nitrogens with one attached hydrogen (secondary N) is 1. The molecule has 0 aliphatic carbocycles. The number of carbonyl (C=O) groups excluding carboxylic acids is 1. The topological polar surface area (TPSA) is 38.3 Å². The Hall–Kier alpha value is -2.29. The van der Waals surface area contributed by atoms with E-state index in [1.807, 2.05) is 63.2 Å². The molecule has 0 aliphatic rings. The van der Waals surface area contributed by atoms with Crippen LogP contribution in [-0.2, 0) is 0 Å². The van der Waals surface area contributed by atoms with Gasteiger partial charge in [-0.2, -0.15) is 0 Å². The van der Waals surface area contributed by atoms with Gasteiger partial charge in [0.2, 0.25) is 0 Å². The fraction of sp³-hybridized carbons (Fsp3) is 0.278. The van der Waals surface area contributed by atoms with Gasteiger partial charge in [0, 0.05) is 5.56 Å². The molecule has 0 bridgehead atoms. The molecule has 2 aromatic carbocycles. The Kier molecular flexibility index (Phi) is 4.63. The van der Waals surface area contributed by atoms with E-state index in [4.69, 9.17) is 4.74 Å². The first-order valence-corrected chi connectivity index (χ1v) is 7.03. The third-order valence-electron chi connectivity index (χ3n) is 3.73. The number of benzene rings is 2. The summed E-state index contributed by atoms with van der Waals surface area (Å²) >= 11 is 0. The van der Waals surface area contributed by atoms with Crippen LogP contribution in [0.25, 0.3) is 0 Å². The monoisotopic (exact) mass is 283 g/mol. The number of aryl methyl sites for hydroxylation is 2. The van der Waals surface area contributed by atoms with Crippen LogP contribution in [-0.4, -0.2) is 13.0 Å². The Morgan fingerprint density at radius 3 is 2.29 bits per heavy atom. The third-order valence-corrected chi connectivity index (χ3v) is 3.73. The molecule has 0 spiro atoms. The molecule has 1 atom stereocenters. The van der Waals surface area contributed by atoms with E-state index in [1.54, 1.807) is 7.11 Å². The van der Waals surface area contributed by atoms with Crippen molar-refractivity contribution >= 4 is 5.91 Å². The zero-order valence-corrected chi connectivity index (χ0v) is 12.9. The third kappa shape index (κ3) is 3.63. The lowest BCUT2D eigenvalue weighted by Crippen LogP contribution is -2.26. The highest BCUT2D eigenvalue weighted by Crippen LogP contribution is 2.18. The van der Waals surface area contributed by atoms with Gasteiger partial charge < -0.3 is 10.1 Å². The van der Waals surface area contributed by atoms with E-state index in [0.717, 1.165) is 16.9 Å². The summed E-state index contributed by atoms with van der Waals surface area (Å²) in [7, 11) is 1.64. The number of carbonyl (C=O) groups is 1. The lowest BCUT2D eigenvalue weighted by atomic mass is 10.0. The highest BCUT2D eigenvalue weighted by atomic mass is 16.5. The first-order chi connectivity index (χ1) is 10.0. The van der Waals surface area contributed by atoms with E-state index in [2.05, 4.69) is 5.32 Å². The van der Waals surface area contributed by atoms with Crippen LogP contribution in [0.15, 0.2) is 42.5 Å². The zero-order chi connectivity index (χ0) is 15.4. The minimum atomic E-state index is -0.0542. The normalized spacial score (nSPS) is 11.8. The highest BCUT2D eigenvalue weighted by molar-refractivity contribution is 5.94. The van der Waals surface area contributed by atoms with Gasteiger partial charge in [-0.1, -0.05) is 18.2 Å². The predicted octanol–water partition coefficient (Wildman–Crippen LogP) is 3.80. The number of rotatable bonds is 4. The van der Waals surface area contributed by atoms with Crippen molar-refractivity contribution in [2.45, 2.75) is 26.8 Å². The SMILES string of the molecule is COc1ccc([C@@H](C)NC(=O)c2ccc(C)c(C)c2)cc1. The predicted molar refractivity (Wildman–Crippen MR) is 84.8 cm³/mol. The van der Waals surface area contributed by atoms with E-state index in [-0.39, 0.29) is 11.9 Å². The summed E-state index contributed by atoms with van der Waals surface area (Å²) in [6.07, 6.45) is 0. The molecule has 0 unspecified atom stereocenters.